The molecule has 1 unspecified atom stereocenters. The van der Waals surface area contributed by atoms with Gasteiger partial charge in [-0.3, -0.25) is 0 Å². The van der Waals surface area contributed by atoms with Gasteiger partial charge in [-0.2, -0.15) is 0 Å². The van der Waals surface area contributed by atoms with E-state index in [2.05, 4.69) is 143 Å². The fraction of sp³-hybridized carbons (Fsp3) is 0.0588. The van der Waals surface area contributed by atoms with E-state index in [1.165, 1.54) is 38.5 Å². The van der Waals surface area contributed by atoms with Crippen LogP contribution in [0.3, 0.4) is 0 Å². The topological polar surface area (TPSA) is 68.0 Å². The largest absolute Gasteiger partial charge is 0.456 e. The van der Waals surface area contributed by atoms with Crippen molar-refractivity contribution in [1.29, 1.82) is 0 Å². The van der Waals surface area contributed by atoms with E-state index in [0.29, 0.717) is 5.84 Å². The maximum Gasteiger partial charge on any atom is 0.159 e. The average Bonchev–Trinajstić information content (AvgIpc) is 3.95. The summed E-state index contributed by atoms with van der Waals surface area (Å²) in [5.74, 6) is 2.40. The van der Waals surface area contributed by atoms with Gasteiger partial charge in [0, 0.05) is 55.4 Å². The Balaban J connectivity index is 0.897. The van der Waals surface area contributed by atoms with Crippen LogP contribution in [0.5, 0.6) is 0 Å². The molecule has 270 valence electrons. The number of fused-ring (bicyclic) bond motifs is 9. The summed E-state index contributed by atoms with van der Waals surface area (Å²) in [4.78, 5) is 10.1. The summed E-state index contributed by atoms with van der Waals surface area (Å²) in [5.41, 5.74) is 12.7. The maximum absolute atomic E-state index is 6.66. The third-order valence-electron chi connectivity index (χ3n) is 11.6. The summed E-state index contributed by atoms with van der Waals surface area (Å²) >= 11 is 0. The first-order chi connectivity index (χ1) is 28.2. The molecule has 0 fully saturated rings. The molecule has 0 saturated heterocycles. The highest BCUT2D eigenvalue weighted by atomic mass is 16.3. The van der Waals surface area contributed by atoms with E-state index in [1.807, 2.05) is 36.4 Å². The molecule has 1 atom stereocenters. The number of para-hydroxylation sites is 2. The summed E-state index contributed by atoms with van der Waals surface area (Å²) in [7, 11) is 0. The van der Waals surface area contributed by atoms with Gasteiger partial charge in [0.05, 0.1) is 11.0 Å². The molecule has 0 amide bonds. The minimum absolute atomic E-state index is 0.266. The summed E-state index contributed by atoms with van der Waals surface area (Å²) in [5, 5.41) is 9.39. The van der Waals surface area contributed by atoms with Gasteiger partial charge in [0.25, 0.3) is 0 Å². The lowest BCUT2D eigenvalue weighted by Gasteiger charge is -2.23. The van der Waals surface area contributed by atoms with Gasteiger partial charge in [-0.1, -0.05) is 121 Å². The Morgan fingerprint density at radius 2 is 1.16 bits per heavy atom. The molecule has 0 radical (unpaired) electrons. The van der Waals surface area contributed by atoms with Gasteiger partial charge in [0.2, 0.25) is 0 Å². The molecule has 7 aromatic carbocycles. The molecule has 57 heavy (non-hydrogen) atoms. The summed E-state index contributed by atoms with van der Waals surface area (Å²) < 4.78 is 15.5. The molecule has 2 aliphatic rings. The Morgan fingerprint density at radius 1 is 0.509 bits per heavy atom. The molecule has 12 rings (SSSR count). The van der Waals surface area contributed by atoms with Crippen molar-refractivity contribution in [1.82, 2.24) is 9.88 Å². The number of rotatable bonds is 5. The number of furan rings is 2. The molecule has 1 aliphatic carbocycles. The molecule has 4 heterocycles. The molecular formula is C51H34N4O2. The molecule has 1 N–H and O–H groups in total. The number of aliphatic imine (C=N–C) groups is 2. The minimum Gasteiger partial charge on any atom is -0.456 e. The van der Waals surface area contributed by atoms with Crippen LogP contribution in [0.4, 0.5) is 0 Å². The summed E-state index contributed by atoms with van der Waals surface area (Å²) in [6, 6.07) is 57.2. The fourth-order valence-electron chi connectivity index (χ4n) is 8.83. The smallest absolute Gasteiger partial charge is 0.159 e. The predicted octanol–water partition coefficient (Wildman–Crippen LogP) is 12.5. The molecule has 0 saturated carbocycles. The zero-order valence-electron chi connectivity index (χ0n) is 30.8. The number of benzene rings is 7. The van der Waals surface area contributed by atoms with Crippen LogP contribution in [0.2, 0.25) is 0 Å². The first-order valence-corrected chi connectivity index (χ1v) is 19.5. The maximum atomic E-state index is 6.66. The Morgan fingerprint density at radius 3 is 1.96 bits per heavy atom. The van der Waals surface area contributed by atoms with E-state index in [-0.39, 0.29) is 6.17 Å². The van der Waals surface area contributed by atoms with Gasteiger partial charge in [-0.15, -0.1) is 0 Å². The van der Waals surface area contributed by atoms with E-state index in [4.69, 9.17) is 18.8 Å². The number of allylic oxidation sites excluding steroid dienone is 1. The van der Waals surface area contributed by atoms with E-state index < -0.39 is 0 Å². The van der Waals surface area contributed by atoms with Gasteiger partial charge in [-0.25, -0.2) is 9.98 Å². The van der Waals surface area contributed by atoms with E-state index in [1.54, 1.807) is 0 Å². The van der Waals surface area contributed by atoms with Crippen molar-refractivity contribution in [3.8, 4) is 11.1 Å². The highest BCUT2D eigenvalue weighted by Gasteiger charge is 2.24. The SMILES string of the molecule is C1=C(n2c3ccccc3c3ccccc32)CCc2c1oc1cc(-c3ccc4oc5cc(C6=NC(c7ccccc7)NC(c7ccccc7)=N6)ccc5c4c3)ccc21. The molecule has 6 nitrogen and oxygen atoms in total. The number of aromatic nitrogens is 1. The molecule has 10 aromatic rings. The summed E-state index contributed by atoms with van der Waals surface area (Å²) in [6.45, 7) is 0. The lowest BCUT2D eigenvalue weighted by atomic mass is 9.96. The van der Waals surface area contributed by atoms with Crippen LogP contribution in [0.1, 0.15) is 40.6 Å². The van der Waals surface area contributed by atoms with Crippen molar-refractivity contribution in [2.24, 2.45) is 9.98 Å². The van der Waals surface area contributed by atoms with Crippen LogP contribution >= 0.6 is 0 Å². The van der Waals surface area contributed by atoms with Crippen LogP contribution in [0.15, 0.2) is 183 Å². The standard InChI is InChI=1S/C51H34N4O2/c1-3-11-31(12-4-1)49-52-50(32-13-5-2-6-14-32)54-51(53-49)35-20-24-41-42-27-33(21-26-45(42)56-47(41)29-35)34-19-23-39-40-25-22-36(30-48(40)57-46(39)28-34)55-43-17-9-7-15-37(43)38-16-8-10-18-44(38)55/h1-21,23-24,26-30,49H,22,25H2,(H,52,53,54). The summed E-state index contributed by atoms with van der Waals surface area (Å²) in [6.07, 6.45) is 3.85. The molecule has 0 bridgehead atoms. The van der Waals surface area contributed by atoms with Crippen molar-refractivity contribution in [2.45, 2.75) is 19.0 Å². The number of hydrogen-bond donors (Lipinski definition) is 1. The van der Waals surface area contributed by atoms with Crippen molar-refractivity contribution in [2.75, 3.05) is 0 Å². The van der Waals surface area contributed by atoms with Gasteiger partial charge in [0.1, 0.15) is 34.5 Å². The third kappa shape index (κ3) is 5.18. The van der Waals surface area contributed by atoms with Crippen LogP contribution in [-0.4, -0.2) is 16.2 Å². The minimum atomic E-state index is -0.266. The highest BCUT2D eigenvalue weighted by Crippen LogP contribution is 2.41. The number of hydrogen-bond acceptors (Lipinski definition) is 5. The zero-order chi connectivity index (χ0) is 37.5. The van der Waals surface area contributed by atoms with Gasteiger partial charge >= 0.3 is 0 Å². The third-order valence-corrected chi connectivity index (χ3v) is 11.6. The molecular weight excluding hydrogens is 701 g/mol. The normalized spacial score (nSPS) is 15.5. The predicted molar refractivity (Wildman–Crippen MR) is 233 cm³/mol. The van der Waals surface area contributed by atoms with Crippen molar-refractivity contribution >= 4 is 78.2 Å². The number of nitrogens with zero attached hydrogens (tertiary/aromatic N) is 3. The second kappa shape index (κ2) is 12.5. The van der Waals surface area contributed by atoms with Crippen LogP contribution in [0.25, 0.3) is 77.6 Å². The number of nitrogens with one attached hydrogen (secondary N) is 1. The van der Waals surface area contributed by atoms with Crippen molar-refractivity contribution < 1.29 is 8.83 Å². The van der Waals surface area contributed by atoms with Crippen molar-refractivity contribution in [3.05, 3.63) is 192 Å². The second-order valence-electron chi connectivity index (χ2n) is 14.9. The molecule has 3 aromatic heterocycles. The average molecular weight is 735 g/mol. The lowest BCUT2D eigenvalue weighted by molar-refractivity contribution is 0.595. The van der Waals surface area contributed by atoms with Gasteiger partial charge in [-0.05, 0) is 72.0 Å². The number of amidine groups is 2. The Bertz CT molecular complexity index is 3270. The Hall–Kier alpha value is -7.44. The molecule has 0 spiro atoms. The Kier molecular flexibility index (Phi) is 7.01. The first kappa shape index (κ1) is 31.9. The molecule has 6 heteroatoms. The second-order valence-corrected chi connectivity index (χ2v) is 14.9. The van der Waals surface area contributed by atoms with Gasteiger partial charge in [0.15, 0.2) is 5.84 Å². The zero-order valence-corrected chi connectivity index (χ0v) is 30.8. The first-order valence-electron chi connectivity index (χ1n) is 19.5. The van der Waals surface area contributed by atoms with E-state index in [9.17, 15) is 0 Å². The number of aryl methyl sites for hydroxylation is 1. The highest BCUT2D eigenvalue weighted by molar-refractivity contribution is 6.15. The van der Waals surface area contributed by atoms with Crippen LogP contribution in [-0.2, 0) is 6.42 Å². The van der Waals surface area contributed by atoms with Gasteiger partial charge < -0.3 is 18.7 Å². The van der Waals surface area contributed by atoms with Crippen molar-refractivity contribution in [3.63, 3.8) is 0 Å². The van der Waals surface area contributed by atoms with Crippen LogP contribution < -0.4 is 5.32 Å². The van der Waals surface area contributed by atoms with E-state index >= 15 is 0 Å². The van der Waals surface area contributed by atoms with E-state index in [0.717, 1.165) is 79.8 Å². The van der Waals surface area contributed by atoms with Crippen LogP contribution in [0, 0.1) is 0 Å². The fourth-order valence-corrected chi connectivity index (χ4v) is 8.83. The lowest BCUT2D eigenvalue weighted by Crippen LogP contribution is -2.33. The Labute approximate surface area is 327 Å². The quantitative estimate of drug-likeness (QED) is 0.191. The molecule has 1 aliphatic heterocycles. The monoisotopic (exact) mass is 734 g/mol.